The van der Waals surface area contributed by atoms with Gasteiger partial charge in [-0.2, -0.15) is 0 Å². The van der Waals surface area contributed by atoms with Crippen molar-refractivity contribution in [3.05, 3.63) is 17.7 Å². The van der Waals surface area contributed by atoms with Gasteiger partial charge in [0, 0.05) is 12.5 Å². The van der Waals surface area contributed by atoms with E-state index in [-0.39, 0.29) is 0 Å². The van der Waals surface area contributed by atoms with Crippen LogP contribution in [0.3, 0.4) is 0 Å². The van der Waals surface area contributed by atoms with Crippen LogP contribution >= 0.6 is 11.3 Å². The monoisotopic (exact) mass is 183 g/mol. The molecule has 3 nitrogen and oxygen atoms in total. The van der Waals surface area contributed by atoms with Gasteiger partial charge in [0.15, 0.2) is 0 Å². The van der Waals surface area contributed by atoms with E-state index in [2.05, 4.69) is 35.9 Å². The predicted octanol–water partition coefficient (Wildman–Crippen LogP) is 2.26. The van der Waals surface area contributed by atoms with Crippen molar-refractivity contribution in [1.29, 1.82) is 0 Å². The second-order valence-electron chi connectivity index (χ2n) is 2.77. The number of hydrogen-bond acceptors (Lipinski definition) is 4. The zero-order valence-electron chi connectivity index (χ0n) is 7.37. The van der Waals surface area contributed by atoms with Crippen molar-refractivity contribution < 1.29 is 0 Å². The van der Waals surface area contributed by atoms with Crippen molar-refractivity contribution in [2.24, 2.45) is 0 Å². The molecule has 0 saturated carbocycles. The van der Waals surface area contributed by atoms with Crippen molar-refractivity contribution in [3.8, 4) is 0 Å². The van der Waals surface area contributed by atoms with Gasteiger partial charge in [-0.1, -0.05) is 31.3 Å². The van der Waals surface area contributed by atoms with E-state index in [1.165, 1.54) is 0 Å². The lowest BCUT2D eigenvalue weighted by Gasteiger charge is -1.95. The minimum atomic E-state index is 0.460. The van der Waals surface area contributed by atoms with E-state index >= 15 is 0 Å². The SMILES string of the molecule is C=CCNc1nnc(C(C)C)s1. The Balaban J connectivity index is 2.58. The van der Waals surface area contributed by atoms with Crippen LogP contribution in [0.25, 0.3) is 0 Å². The largest absolute Gasteiger partial charge is 0.357 e. The number of rotatable bonds is 4. The first-order valence-electron chi connectivity index (χ1n) is 3.92. The van der Waals surface area contributed by atoms with Crippen LogP contribution in [0.1, 0.15) is 24.8 Å². The van der Waals surface area contributed by atoms with Crippen LogP contribution in [0.2, 0.25) is 0 Å². The second kappa shape index (κ2) is 4.21. The number of hydrogen-bond donors (Lipinski definition) is 1. The van der Waals surface area contributed by atoms with Gasteiger partial charge in [0.05, 0.1) is 0 Å². The van der Waals surface area contributed by atoms with Gasteiger partial charge in [-0.05, 0) is 0 Å². The summed E-state index contributed by atoms with van der Waals surface area (Å²) in [7, 11) is 0. The third-order valence-electron chi connectivity index (χ3n) is 1.33. The first kappa shape index (κ1) is 9.19. The standard InChI is InChI=1S/C8H13N3S/c1-4-5-9-8-11-10-7(12-8)6(2)3/h4,6H,1,5H2,2-3H3,(H,9,11). The Kier molecular flexibility index (Phi) is 3.22. The van der Waals surface area contributed by atoms with E-state index < -0.39 is 0 Å². The van der Waals surface area contributed by atoms with E-state index in [0.29, 0.717) is 5.92 Å². The highest BCUT2D eigenvalue weighted by Gasteiger charge is 2.05. The Morgan fingerprint density at radius 3 is 2.83 bits per heavy atom. The Hall–Kier alpha value is -0.900. The third kappa shape index (κ3) is 2.30. The molecule has 1 rings (SSSR count). The zero-order chi connectivity index (χ0) is 8.97. The molecule has 1 aromatic rings. The lowest BCUT2D eigenvalue weighted by atomic mass is 10.2. The lowest BCUT2D eigenvalue weighted by Crippen LogP contribution is -1.96. The highest BCUT2D eigenvalue weighted by Crippen LogP contribution is 2.21. The summed E-state index contributed by atoms with van der Waals surface area (Å²) in [5, 5.41) is 13.1. The van der Waals surface area contributed by atoms with Gasteiger partial charge in [-0.3, -0.25) is 0 Å². The van der Waals surface area contributed by atoms with Crippen LogP contribution in [0, 0.1) is 0 Å². The molecule has 0 atom stereocenters. The lowest BCUT2D eigenvalue weighted by molar-refractivity contribution is 0.825. The van der Waals surface area contributed by atoms with Crippen LogP contribution < -0.4 is 5.32 Å². The molecule has 0 aromatic carbocycles. The minimum absolute atomic E-state index is 0.460. The third-order valence-corrected chi connectivity index (χ3v) is 2.51. The maximum absolute atomic E-state index is 4.04. The van der Waals surface area contributed by atoms with Gasteiger partial charge in [0.2, 0.25) is 5.13 Å². The molecule has 0 aliphatic carbocycles. The predicted molar refractivity (Wildman–Crippen MR) is 52.7 cm³/mol. The average Bonchev–Trinajstić information content (AvgIpc) is 2.48. The normalized spacial score (nSPS) is 10.2. The molecule has 12 heavy (non-hydrogen) atoms. The van der Waals surface area contributed by atoms with E-state index in [1.54, 1.807) is 17.4 Å². The molecule has 0 aliphatic rings. The van der Waals surface area contributed by atoms with Crippen LogP contribution in [0.15, 0.2) is 12.7 Å². The molecular weight excluding hydrogens is 170 g/mol. The molecule has 0 amide bonds. The summed E-state index contributed by atoms with van der Waals surface area (Å²) in [6, 6.07) is 0. The van der Waals surface area contributed by atoms with Crippen LogP contribution in [0.5, 0.6) is 0 Å². The molecule has 0 saturated heterocycles. The molecule has 66 valence electrons. The number of nitrogens with one attached hydrogen (secondary N) is 1. The molecule has 0 aliphatic heterocycles. The fraction of sp³-hybridized carbons (Fsp3) is 0.500. The number of nitrogens with zero attached hydrogens (tertiary/aromatic N) is 2. The molecule has 0 unspecified atom stereocenters. The van der Waals surface area contributed by atoms with Gasteiger partial charge in [-0.25, -0.2) is 0 Å². The molecule has 0 spiro atoms. The fourth-order valence-corrected chi connectivity index (χ4v) is 1.45. The van der Waals surface area contributed by atoms with Gasteiger partial charge in [0.1, 0.15) is 5.01 Å². The van der Waals surface area contributed by atoms with Crippen molar-refractivity contribution in [1.82, 2.24) is 10.2 Å². The van der Waals surface area contributed by atoms with Crippen LogP contribution in [-0.4, -0.2) is 16.7 Å². The fourth-order valence-electron chi connectivity index (χ4n) is 0.699. The van der Waals surface area contributed by atoms with E-state index in [0.717, 1.165) is 16.7 Å². The summed E-state index contributed by atoms with van der Waals surface area (Å²) < 4.78 is 0. The quantitative estimate of drug-likeness (QED) is 0.727. The van der Waals surface area contributed by atoms with E-state index in [4.69, 9.17) is 0 Å². The smallest absolute Gasteiger partial charge is 0.205 e. The Morgan fingerprint density at radius 2 is 2.33 bits per heavy atom. The molecule has 0 radical (unpaired) electrons. The molecule has 4 heteroatoms. The van der Waals surface area contributed by atoms with E-state index in [1.807, 2.05) is 0 Å². The number of aromatic nitrogens is 2. The molecule has 0 fully saturated rings. The van der Waals surface area contributed by atoms with Gasteiger partial charge in [0.25, 0.3) is 0 Å². The highest BCUT2D eigenvalue weighted by atomic mass is 32.1. The van der Waals surface area contributed by atoms with Crippen molar-refractivity contribution in [2.75, 3.05) is 11.9 Å². The maximum atomic E-state index is 4.04. The molecule has 1 aromatic heterocycles. The van der Waals surface area contributed by atoms with Crippen molar-refractivity contribution in [3.63, 3.8) is 0 Å². The van der Waals surface area contributed by atoms with Gasteiger partial charge in [-0.15, -0.1) is 16.8 Å². The average molecular weight is 183 g/mol. The zero-order valence-corrected chi connectivity index (χ0v) is 8.19. The Bertz CT molecular complexity index is 255. The summed E-state index contributed by atoms with van der Waals surface area (Å²) in [5.74, 6) is 0.460. The highest BCUT2D eigenvalue weighted by molar-refractivity contribution is 7.15. The van der Waals surface area contributed by atoms with Crippen LogP contribution in [0.4, 0.5) is 5.13 Å². The maximum Gasteiger partial charge on any atom is 0.205 e. The molecular formula is C8H13N3S. The minimum Gasteiger partial charge on any atom is -0.357 e. The summed E-state index contributed by atoms with van der Waals surface area (Å²) >= 11 is 1.60. The first-order chi connectivity index (χ1) is 5.74. The van der Waals surface area contributed by atoms with Crippen molar-refractivity contribution >= 4 is 16.5 Å². The first-order valence-corrected chi connectivity index (χ1v) is 4.74. The van der Waals surface area contributed by atoms with Gasteiger partial charge >= 0.3 is 0 Å². The summed E-state index contributed by atoms with van der Waals surface area (Å²) in [6.07, 6.45) is 1.80. The van der Waals surface area contributed by atoms with Crippen LogP contribution in [-0.2, 0) is 0 Å². The van der Waals surface area contributed by atoms with Crippen molar-refractivity contribution in [2.45, 2.75) is 19.8 Å². The summed E-state index contributed by atoms with van der Waals surface area (Å²) in [4.78, 5) is 0. The second-order valence-corrected chi connectivity index (χ2v) is 3.78. The van der Waals surface area contributed by atoms with E-state index in [9.17, 15) is 0 Å². The Morgan fingerprint density at radius 1 is 1.58 bits per heavy atom. The molecule has 0 bridgehead atoms. The summed E-state index contributed by atoms with van der Waals surface area (Å²) in [5.41, 5.74) is 0. The van der Waals surface area contributed by atoms with Gasteiger partial charge < -0.3 is 5.32 Å². The Labute approximate surface area is 76.5 Å². The summed E-state index contributed by atoms with van der Waals surface area (Å²) in [6.45, 7) is 8.57. The topological polar surface area (TPSA) is 37.8 Å². The molecule has 1 heterocycles. The molecule has 1 N–H and O–H groups in total. The number of anilines is 1.